The molecule has 0 atom stereocenters. The van der Waals surface area contributed by atoms with Gasteiger partial charge in [-0.05, 0) is 57.8 Å². The Balaban J connectivity index is 1.95. The lowest BCUT2D eigenvalue weighted by atomic mass is 10.2. The molecule has 3 nitrogen and oxygen atoms in total. The van der Waals surface area contributed by atoms with Crippen molar-refractivity contribution in [2.45, 2.75) is 33.6 Å². The fraction of sp³-hybridized carbons (Fsp3) is 0.615. The van der Waals surface area contributed by atoms with E-state index in [0.717, 1.165) is 18.1 Å². The summed E-state index contributed by atoms with van der Waals surface area (Å²) in [7, 11) is 0. The number of thiophene rings is 1. The monoisotopic (exact) mass is 252 g/mol. The van der Waals surface area contributed by atoms with Crippen molar-refractivity contribution in [2.24, 2.45) is 0 Å². The van der Waals surface area contributed by atoms with E-state index in [0.29, 0.717) is 6.54 Å². The average Bonchev–Trinajstić information content (AvgIpc) is 2.85. The number of nitrogens with one attached hydrogen (secondary N) is 1. The molecule has 1 aliphatic rings. The van der Waals surface area contributed by atoms with Gasteiger partial charge in [0.1, 0.15) is 0 Å². The minimum absolute atomic E-state index is 0.122. The zero-order valence-electron chi connectivity index (χ0n) is 10.8. The molecule has 1 N–H and O–H groups in total. The van der Waals surface area contributed by atoms with Crippen LogP contribution in [0.5, 0.6) is 0 Å². The van der Waals surface area contributed by atoms with Crippen LogP contribution in [0.1, 0.15) is 28.8 Å². The molecule has 2 heterocycles. The van der Waals surface area contributed by atoms with Gasteiger partial charge in [-0.2, -0.15) is 0 Å². The van der Waals surface area contributed by atoms with Gasteiger partial charge < -0.3 is 5.32 Å². The highest BCUT2D eigenvalue weighted by atomic mass is 32.1. The first kappa shape index (κ1) is 12.6. The van der Waals surface area contributed by atoms with Crippen molar-refractivity contribution in [3.8, 4) is 0 Å². The van der Waals surface area contributed by atoms with Crippen LogP contribution in [0, 0.1) is 20.8 Å². The lowest BCUT2D eigenvalue weighted by Gasteiger charge is -2.13. The van der Waals surface area contributed by atoms with Crippen LogP contribution in [0.25, 0.3) is 0 Å². The first-order valence-corrected chi connectivity index (χ1v) is 6.98. The zero-order chi connectivity index (χ0) is 12.4. The lowest BCUT2D eigenvalue weighted by molar-refractivity contribution is -0.117. The largest absolute Gasteiger partial charge is 0.316 e. The van der Waals surface area contributed by atoms with Gasteiger partial charge in [-0.1, -0.05) is 0 Å². The number of likely N-dealkylation sites (tertiary alicyclic amines) is 1. The Kier molecular flexibility index (Phi) is 3.84. The van der Waals surface area contributed by atoms with Crippen molar-refractivity contribution in [3.05, 3.63) is 16.0 Å². The highest BCUT2D eigenvalue weighted by Gasteiger charge is 2.16. The van der Waals surface area contributed by atoms with Crippen molar-refractivity contribution in [3.63, 3.8) is 0 Å². The van der Waals surface area contributed by atoms with E-state index in [4.69, 9.17) is 0 Å². The summed E-state index contributed by atoms with van der Waals surface area (Å²) in [4.78, 5) is 15.4. The summed E-state index contributed by atoms with van der Waals surface area (Å²) in [6.45, 7) is 8.95. The second kappa shape index (κ2) is 5.19. The second-order valence-corrected chi connectivity index (χ2v) is 5.99. The van der Waals surface area contributed by atoms with Crippen LogP contribution in [0.2, 0.25) is 0 Å². The number of anilines is 1. The van der Waals surface area contributed by atoms with E-state index in [1.54, 1.807) is 11.3 Å². The number of amides is 1. The van der Waals surface area contributed by atoms with E-state index >= 15 is 0 Å². The van der Waals surface area contributed by atoms with Gasteiger partial charge in [0.25, 0.3) is 0 Å². The number of hydrogen-bond acceptors (Lipinski definition) is 3. The maximum Gasteiger partial charge on any atom is 0.239 e. The normalized spacial score (nSPS) is 16.4. The van der Waals surface area contributed by atoms with Gasteiger partial charge in [-0.3, -0.25) is 9.69 Å². The highest BCUT2D eigenvalue weighted by molar-refractivity contribution is 7.16. The van der Waals surface area contributed by atoms with Gasteiger partial charge in [-0.15, -0.1) is 11.3 Å². The Morgan fingerprint density at radius 3 is 2.41 bits per heavy atom. The quantitative estimate of drug-likeness (QED) is 0.897. The van der Waals surface area contributed by atoms with Crippen molar-refractivity contribution in [1.29, 1.82) is 0 Å². The minimum Gasteiger partial charge on any atom is -0.316 e. The number of hydrogen-bond donors (Lipinski definition) is 1. The predicted molar refractivity (Wildman–Crippen MR) is 72.8 cm³/mol. The molecule has 1 aromatic heterocycles. The van der Waals surface area contributed by atoms with Gasteiger partial charge in [0, 0.05) is 4.88 Å². The zero-order valence-corrected chi connectivity index (χ0v) is 11.6. The summed E-state index contributed by atoms with van der Waals surface area (Å²) in [5.74, 6) is 0.122. The molecule has 0 aliphatic carbocycles. The standard InChI is InChI=1S/C13H20N2OS/c1-9-10(2)13(17-11(9)3)14-12(16)8-15-6-4-5-7-15/h4-8H2,1-3H3,(H,14,16). The van der Waals surface area contributed by atoms with Gasteiger partial charge in [0.2, 0.25) is 5.91 Å². The van der Waals surface area contributed by atoms with Crippen LogP contribution in [-0.2, 0) is 4.79 Å². The highest BCUT2D eigenvalue weighted by Crippen LogP contribution is 2.31. The third-order valence-corrected chi connectivity index (χ3v) is 4.73. The summed E-state index contributed by atoms with van der Waals surface area (Å²) in [6.07, 6.45) is 2.45. The number of aryl methyl sites for hydroxylation is 1. The van der Waals surface area contributed by atoms with Crippen LogP contribution >= 0.6 is 11.3 Å². The summed E-state index contributed by atoms with van der Waals surface area (Å²) in [5, 5.41) is 4.05. The molecule has 0 spiro atoms. The molecular weight excluding hydrogens is 232 g/mol. The molecule has 0 radical (unpaired) electrons. The molecule has 0 saturated carbocycles. The Labute approximate surface area is 107 Å². The molecule has 1 saturated heterocycles. The number of carbonyl (C=O) groups excluding carboxylic acids is 1. The van der Waals surface area contributed by atoms with Crippen LogP contribution in [0.4, 0.5) is 5.00 Å². The second-order valence-electron chi connectivity index (χ2n) is 4.77. The van der Waals surface area contributed by atoms with E-state index in [1.165, 1.54) is 28.8 Å². The first-order valence-electron chi connectivity index (χ1n) is 6.16. The topological polar surface area (TPSA) is 32.3 Å². The Morgan fingerprint density at radius 2 is 1.88 bits per heavy atom. The Bertz CT molecular complexity index is 419. The smallest absolute Gasteiger partial charge is 0.239 e. The molecule has 4 heteroatoms. The predicted octanol–water partition coefficient (Wildman–Crippen LogP) is 2.71. The SMILES string of the molecule is Cc1sc(NC(=O)CN2CCCC2)c(C)c1C. The molecule has 2 rings (SSSR count). The van der Waals surface area contributed by atoms with Crippen LogP contribution in [-0.4, -0.2) is 30.4 Å². The van der Waals surface area contributed by atoms with E-state index in [1.807, 2.05) is 0 Å². The molecule has 1 aliphatic heterocycles. The molecule has 1 aromatic rings. The van der Waals surface area contributed by atoms with Crippen molar-refractivity contribution in [1.82, 2.24) is 4.90 Å². The van der Waals surface area contributed by atoms with Gasteiger partial charge in [-0.25, -0.2) is 0 Å². The van der Waals surface area contributed by atoms with E-state index in [9.17, 15) is 4.79 Å². The molecule has 1 fully saturated rings. The minimum atomic E-state index is 0.122. The molecule has 0 aromatic carbocycles. The van der Waals surface area contributed by atoms with Crippen molar-refractivity contribution >= 4 is 22.2 Å². The Morgan fingerprint density at radius 1 is 1.24 bits per heavy atom. The van der Waals surface area contributed by atoms with Crippen molar-refractivity contribution in [2.75, 3.05) is 25.0 Å². The summed E-state index contributed by atoms with van der Waals surface area (Å²) in [6, 6.07) is 0. The fourth-order valence-corrected chi connectivity index (χ4v) is 3.25. The van der Waals surface area contributed by atoms with E-state index in [-0.39, 0.29) is 5.91 Å². The molecule has 0 bridgehead atoms. The average molecular weight is 252 g/mol. The number of carbonyl (C=O) groups is 1. The Hall–Kier alpha value is -0.870. The molecule has 17 heavy (non-hydrogen) atoms. The maximum atomic E-state index is 11.9. The third-order valence-electron chi connectivity index (χ3n) is 3.51. The van der Waals surface area contributed by atoms with E-state index in [2.05, 4.69) is 31.0 Å². The number of rotatable bonds is 3. The summed E-state index contributed by atoms with van der Waals surface area (Å²) >= 11 is 1.68. The van der Waals surface area contributed by atoms with Gasteiger partial charge in [0.05, 0.1) is 11.5 Å². The first-order chi connectivity index (χ1) is 8.08. The summed E-state index contributed by atoms with van der Waals surface area (Å²) in [5.41, 5.74) is 2.51. The van der Waals surface area contributed by atoms with Gasteiger partial charge in [0.15, 0.2) is 0 Å². The maximum absolute atomic E-state index is 11.9. The van der Waals surface area contributed by atoms with Crippen LogP contribution in [0.15, 0.2) is 0 Å². The van der Waals surface area contributed by atoms with Crippen molar-refractivity contribution < 1.29 is 4.79 Å². The molecule has 0 unspecified atom stereocenters. The molecule has 1 amide bonds. The number of nitrogens with zero attached hydrogens (tertiary/aromatic N) is 1. The fourth-order valence-electron chi connectivity index (χ4n) is 2.17. The molecular formula is C13H20N2OS. The van der Waals surface area contributed by atoms with Crippen LogP contribution < -0.4 is 5.32 Å². The van der Waals surface area contributed by atoms with E-state index < -0.39 is 0 Å². The van der Waals surface area contributed by atoms with Gasteiger partial charge >= 0.3 is 0 Å². The summed E-state index contributed by atoms with van der Waals surface area (Å²) < 4.78 is 0. The third kappa shape index (κ3) is 2.87. The molecule has 94 valence electrons. The lowest BCUT2D eigenvalue weighted by Crippen LogP contribution is -2.30. The van der Waals surface area contributed by atoms with Crippen LogP contribution in [0.3, 0.4) is 0 Å².